The van der Waals surface area contributed by atoms with Gasteiger partial charge in [0, 0.05) is 32.1 Å². The van der Waals surface area contributed by atoms with Crippen LogP contribution in [0.1, 0.15) is 29.8 Å². The summed E-state index contributed by atoms with van der Waals surface area (Å²) < 4.78 is 14.0. The van der Waals surface area contributed by atoms with Crippen LogP contribution in [-0.2, 0) is 4.79 Å². The molecular weight excluding hydrogens is 271 g/mol. The van der Waals surface area contributed by atoms with Crippen molar-refractivity contribution in [1.82, 2.24) is 9.80 Å². The first-order valence-electron chi connectivity index (χ1n) is 7.25. The maximum Gasteiger partial charge on any atom is 0.256 e. The Kier molecular flexibility index (Phi) is 4.60. The molecule has 0 radical (unpaired) electrons. The number of piperazine rings is 1. The Morgan fingerprint density at radius 1 is 1.10 bits per heavy atom. The fourth-order valence-corrected chi connectivity index (χ4v) is 2.48. The summed E-state index contributed by atoms with van der Waals surface area (Å²) in [6.07, 6.45) is 0. The van der Waals surface area contributed by atoms with E-state index in [1.165, 1.54) is 6.07 Å². The molecule has 21 heavy (non-hydrogen) atoms. The molecule has 1 aliphatic heterocycles. The first-order valence-corrected chi connectivity index (χ1v) is 7.25. The molecular formula is C16H21FN2O2. The minimum absolute atomic E-state index is 0.0403. The first-order chi connectivity index (χ1) is 9.91. The maximum absolute atomic E-state index is 14.0. The van der Waals surface area contributed by atoms with Gasteiger partial charge in [0.1, 0.15) is 5.82 Å². The van der Waals surface area contributed by atoms with E-state index in [1.54, 1.807) is 28.9 Å². The molecule has 5 heteroatoms. The Bertz CT molecular complexity index is 549. The standard InChI is InChI=1S/C16H21FN2O2/c1-11(2)15(20)18-7-9-19(10-8-18)16(21)13-6-4-5-12(3)14(13)17/h4-6,11H,7-10H2,1-3H3. The van der Waals surface area contributed by atoms with Crippen LogP contribution in [0.15, 0.2) is 18.2 Å². The molecule has 1 fully saturated rings. The van der Waals surface area contributed by atoms with Crippen molar-refractivity contribution >= 4 is 11.8 Å². The van der Waals surface area contributed by atoms with Crippen LogP contribution in [0.5, 0.6) is 0 Å². The molecule has 0 unspecified atom stereocenters. The molecule has 2 amide bonds. The highest BCUT2D eigenvalue weighted by Gasteiger charge is 2.27. The third kappa shape index (κ3) is 3.23. The van der Waals surface area contributed by atoms with E-state index in [1.807, 2.05) is 13.8 Å². The number of aryl methyl sites for hydroxylation is 1. The second-order valence-electron chi connectivity index (χ2n) is 5.71. The van der Waals surface area contributed by atoms with E-state index in [0.717, 1.165) is 0 Å². The van der Waals surface area contributed by atoms with Gasteiger partial charge in [-0.2, -0.15) is 0 Å². The SMILES string of the molecule is Cc1cccc(C(=O)N2CCN(C(=O)C(C)C)CC2)c1F. The number of halogens is 1. The van der Waals surface area contributed by atoms with E-state index in [2.05, 4.69) is 0 Å². The molecule has 1 saturated heterocycles. The number of benzene rings is 1. The zero-order chi connectivity index (χ0) is 15.6. The number of nitrogens with zero attached hydrogens (tertiary/aromatic N) is 2. The van der Waals surface area contributed by atoms with Gasteiger partial charge in [-0.05, 0) is 18.6 Å². The van der Waals surface area contributed by atoms with Crippen molar-refractivity contribution in [2.24, 2.45) is 5.92 Å². The molecule has 1 heterocycles. The summed E-state index contributed by atoms with van der Waals surface area (Å²) in [6.45, 7) is 7.29. The Hall–Kier alpha value is -1.91. The molecule has 114 valence electrons. The second-order valence-corrected chi connectivity index (χ2v) is 5.71. The van der Waals surface area contributed by atoms with Crippen LogP contribution >= 0.6 is 0 Å². The van der Waals surface area contributed by atoms with Gasteiger partial charge in [-0.1, -0.05) is 26.0 Å². The first kappa shape index (κ1) is 15.5. The number of amides is 2. The quantitative estimate of drug-likeness (QED) is 0.837. The van der Waals surface area contributed by atoms with Crippen molar-refractivity contribution in [2.45, 2.75) is 20.8 Å². The number of hydrogen-bond donors (Lipinski definition) is 0. The molecule has 0 bridgehead atoms. The van der Waals surface area contributed by atoms with Gasteiger partial charge in [-0.3, -0.25) is 9.59 Å². The lowest BCUT2D eigenvalue weighted by Gasteiger charge is -2.35. The normalized spacial score (nSPS) is 15.5. The van der Waals surface area contributed by atoms with Crippen molar-refractivity contribution in [2.75, 3.05) is 26.2 Å². The molecule has 0 spiro atoms. The molecule has 0 aliphatic carbocycles. The van der Waals surface area contributed by atoms with E-state index in [9.17, 15) is 14.0 Å². The Morgan fingerprint density at radius 3 is 2.24 bits per heavy atom. The van der Waals surface area contributed by atoms with E-state index in [4.69, 9.17) is 0 Å². The third-order valence-electron chi connectivity index (χ3n) is 3.79. The van der Waals surface area contributed by atoms with Crippen molar-refractivity contribution in [3.05, 3.63) is 35.1 Å². The van der Waals surface area contributed by atoms with E-state index in [-0.39, 0.29) is 23.3 Å². The van der Waals surface area contributed by atoms with E-state index in [0.29, 0.717) is 31.7 Å². The predicted octanol–water partition coefficient (Wildman–Crippen LogP) is 2.07. The average Bonchev–Trinajstić information content (AvgIpc) is 2.48. The maximum atomic E-state index is 14.0. The largest absolute Gasteiger partial charge is 0.339 e. The minimum atomic E-state index is -0.455. The van der Waals surface area contributed by atoms with Gasteiger partial charge in [0.05, 0.1) is 5.56 Å². The van der Waals surface area contributed by atoms with Crippen LogP contribution in [0.4, 0.5) is 4.39 Å². The Morgan fingerprint density at radius 2 is 1.67 bits per heavy atom. The number of carbonyl (C=O) groups excluding carboxylic acids is 2. The number of hydrogen-bond acceptors (Lipinski definition) is 2. The third-order valence-corrected chi connectivity index (χ3v) is 3.79. The number of carbonyl (C=O) groups is 2. The van der Waals surface area contributed by atoms with Crippen LogP contribution < -0.4 is 0 Å². The van der Waals surface area contributed by atoms with Crippen LogP contribution in [-0.4, -0.2) is 47.8 Å². The molecule has 0 saturated carbocycles. The molecule has 4 nitrogen and oxygen atoms in total. The van der Waals surface area contributed by atoms with Crippen molar-refractivity contribution in [3.63, 3.8) is 0 Å². The second kappa shape index (κ2) is 6.24. The summed E-state index contributed by atoms with van der Waals surface area (Å²) >= 11 is 0. The fourth-order valence-electron chi connectivity index (χ4n) is 2.48. The summed E-state index contributed by atoms with van der Waals surface area (Å²) in [5, 5.41) is 0. The van der Waals surface area contributed by atoms with Gasteiger partial charge in [0.15, 0.2) is 0 Å². The molecule has 0 atom stereocenters. The molecule has 1 aromatic carbocycles. The number of rotatable bonds is 2. The van der Waals surface area contributed by atoms with E-state index >= 15 is 0 Å². The summed E-state index contributed by atoms with van der Waals surface area (Å²) in [7, 11) is 0. The lowest BCUT2D eigenvalue weighted by atomic mass is 10.1. The van der Waals surface area contributed by atoms with Gasteiger partial charge in [0.25, 0.3) is 5.91 Å². The molecule has 0 N–H and O–H groups in total. The van der Waals surface area contributed by atoms with Crippen molar-refractivity contribution in [1.29, 1.82) is 0 Å². The highest BCUT2D eigenvalue weighted by atomic mass is 19.1. The molecule has 1 aliphatic rings. The van der Waals surface area contributed by atoms with E-state index < -0.39 is 5.82 Å². The molecule has 1 aromatic rings. The molecule has 0 aromatic heterocycles. The summed E-state index contributed by atoms with van der Waals surface area (Å²) in [5.41, 5.74) is 0.577. The Balaban J connectivity index is 2.04. The highest BCUT2D eigenvalue weighted by Crippen LogP contribution is 2.16. The Labute approximate surface area is 124 Å². The lowest BCUT2D eigenvalue weighted by Crippen LogP contribution is -2.51. The van der Waals surface area contributed by atoms with Crippen molar-refractivity contribution < 1.29 is 14.0 Å². The topological polar surface area (TPSA) is 40.6 Å². The summed E-state index contributed by atoms with van der Waals surface area (Å²) in [6, 6.07) is 4.84. The minimum Gasteiger partial charge on any atom is -0.339 e. The monoisotopic (exact) mass is 292 g/mol. The van der Waals surface area contributed by atoms with Gasteiger partial charge in [-0.15, -0.1) is 0 Å². The smallest absolute Gasteiger partial charge is 0.256 e. The lowest BCUT2D eigenvalue weighted by molar-refractivity contribution is -0.135. The van der Waals surface area contributed by atoms with Crippen LogP contribution in [0.3, 0.4) is 0 Å². The van der Waals surface area contributed by atoms with Gasteiger partial charge >= 0.3 is 0 Å². The zero-order valence-electron chi connectivity index (χ0n) is 12.7. The van der Waals surface area contributed by atoms with Crippen LogP contribution in [0.25, 0.3) is 0 Å². The highest BCUT2D eigenvalue weighted by molar-refractivity contribution is 5.95. The van der Waals surface area contributed by atoms with Gasteiger partial charge in [0.2, 0.25) is 5.91 Å². The summed E-state index contributed by atoms with van der Waals surface area (Å²) in [4.78, 5) is 27.6. The predicted molar refractivity (Wildman–Crippen MR) is 78.5 cm³/mol. The summed E-state index contributed by atoms with van der Waals surface area (Å²) in [5.74, 6) is -0.693. The molecule has 2 rings (SSSR count). The zero-order valence-corrected chi connectivity index (χ0v) is 12.7. The van der Waals surface area contributed by atoms with Crippen LogP contribution in [0, 0.1) is 18.7 Å². The van der Waals surface area contributed by atoms with Crippen LogP contribution in [0.2, 0.25) is 0 Å². The van der Waals surface area contributed by atoms with Gasteiger partial charge in [-0.25, -0.2) is 4.39 Å². The average molecular weight is 292 g/mol. The van der Waals surface area contributed by atoms with Gasteiger partial charge < -0.3 is 9.80 Å². The van der Waals surface area contributed by atoms with Crippen molar-refractivity contribution in [3.8, 4) is 0 Å². The fraction of sp³-hybridized carbons (Fsp3) is 0.500.